The van der Waals surface area contributed by atoms with Crippen molar-refractivity contribution in [2.45, 2.75) is 37.8 Å². The number of benzene rings is 3. The molecule has 0 aliphatic carbocycles. The molecule has 0 N–H and O–H groups in total. The second-order valence-corrected chi connectivity index (χ2v) is 18.6. The van der Waals surface area contributed by atoms with E-state index in [0.717, 1.165) is 5.02 Å². The van der Waals surface area contributed by atoms with Crippen LogP contribution in [0.15, 0.2) is 84.9 Å². The van der Waals surface area contributed by atoms with Crippen LogP contribution in [0.5, 0.6) is 0 Å². The molecule has 0 heterocycles. The highest BCUT2D eigenvalue weighted by atomic mass is 35.5. The molecule has 27 heavy (non-hydrogen) atoms. The Morgan fingerprint density at radius 3 is 1.67 bits per heavy atom. The van der Waals surface area contributed by atoms with E-state index in [-0.39, 0.29) is 0 Å². The maximum Gasteiger partial charge on any atom is 0.0877 e. The summed E-state index contributed by atoms with van der Waals surface area (Å²) in [6.07, 6.45) is 0. The Balaban J connectivity index is 2.04. The van der Waals surface area contributed by atoms with Crippen LogP contribution in [-0.2, 0) is 0 Å². The van der Waals surface area contributed by atoms with Crippen LogP contribution >= 0.6 is 11.6 Å². The minimum absolute atomic E-state index is 0.569. The molecule has 0 bridgehead atoms. The minimum Gasteiger partial charge on any atom is -0.0843 e. The van der Waals surface area contributed by atoms with Crippen LogP contribution in [0.3, 0.4) is 0 Å². The van der Waals surface area contributed by atoms with Crippen molar-refractivity contribution < 1.29 is 0 Å². The summed E-state index contributed by atoms with van der Waals surface area (Å²) in [7, 11) is -3.30. The summed E-state index contributed by atoms with van der Waals surface area (Å²) in [4.78, 5) is 0. The van der Waals surface area contributed by atoms with Gasteiger partial charge in [0.25, 0.3) is 0 Å². The van der Waals surface area contributed by atoms with E-state index < -0.39 is 16.1 Å². The fraction of sp³-hybridized carbons (Fsp3) is 0.250. The van der Waals surface area contributed by atoms with Crippen molar-refractivity contribution in [1.82, 2.24) is 0 Å². The topological polar surface area (TPSA) is 0 Å². The Hall–Kier alpha value is -1.62. The number of hydrogen-bond donors (Lipinski definition) is 0. The van der Waals surface area contributed by atoms with Crippen LogP contribution < -0.4 is 10.4 Å². The van der Waals surface area contributed by atoms with Crippen molar-refractivity contribution in [2.75, 3.05) is 0 Å². The Morgan fingerprint density at radius 2 is 1.15 bits per heavy atom. The lowest BCUT2D eigenvalue weighted by Gasteiger charge is -2.38. The van der Waals surface area contributed by atoms with Gasteiger partial charge in [-0.2, -0.15) is 0 Å². The highest BCUT2D eigenvalue weighted by Crippen LogP contribution is 2.35. The molecule has 0 saturated heterocycles. The van der Waals surface area contributed by atoms with Gasteiger partial charge in [0.2, 0.25) is 0 Å². The van der Waals surface area contributed by atoms with E-state index in [4.69, 9.17) is 11.6 Å². The highest BCUT2D eigenvalue weighted by Gasteiger charge is 2.39. The van der Waals surface area contributed by atoms with E-state index in [1.807, 2.05) is 0 Å². The molecular formula is C24H29ClSi2. The smallest absolute Gasteiger partial charge is 0.0843 e. The molecule has 0 aliphatic heterocycles. The number of rotatable bonds is 6. The third kappa shape index (κ3) is 4.63. The molecular weight excluding hydrogens is 380 g/mol. The Morgan fingerprint density at radius 1 is 0.667 bits per heavy atom. The predicted molar refractivity (Wildman–Crippen MR) is 126 cm³/mol. The monoisotopic (exact) mass is 408 g/mol. The second-order valence-electron chi connectivity index (χ2n) is 8.65. The summed E-state index contributed by atoms with van der Waals surface area (Å²) in [5.41, 5.74) is 2.01. The van der Waals surface area contributed by atoms with Crippen LogP contribution in [0.25, 0.3) is 0 Å². The van der Waals surface area contributed by atoms with Crippen LogP contribution in [0.4, 0.5) is 0 Å². The third-order valence-corrected chi connectivity index (χ3v) is 14.0. The van der Waals surface area contributed by atoms with Crippen molar-refractivity contribution in [3.8, 4) is 0 Å². The first-order valence-electron chi connectivity index (χ1n) is 9.67. The van der Waals surface area contributed by atoms with Gasteiger partial charge in [-0.15, -0.1) is 0 Å². The van der Waals surface area contributed by atoms with Gasteiger partial charge in [0, 0.05) is 5.02 Å². The molecule has 0 aromatic heterocycles. The lowest BCUT2D eigenvalue weighted by molar-refractivity contribution is 0.998. The molecule has 0 fully saturated rings. The zero-order valence-electron chi connectivity index (χ0n) is 16.7. The maximum atomic E-state index is 6.20. The molecule has 3 rings (SSSR count). The largest absolute Gasteiger partial charge is 0.0877 e. The summed E-state index contributed by atoms with van der Waals surface area (Å²) >= 11 is 6.20. The van der Waals surface area contributed by atoms with Crippen LogP contribution in [-0.4, -0.2) is 16.1 Å². The Kier molecular flexibility index (Phi) is 6.09. The molecule has 1 unspecified atom stereocenters. The molecule has 0 saturated carbocycles. The highest BCUT2D eigenvalue weighted by molar-refractivity contribution is 6.95. The van der Waals surface area contributed by atoms with Crippen LogP contribution in [0, 0.1) is 0 Å². The molecule has 140 valence electrons. The van der Waals surface area contributed by atoms with E-state index in [0.29, 0.717) is 5.54 Å². The average Bonchev–Trinajstić information content (AvgIpc) is 2.68. The fourth-order valence-corrected chi connectivity index (χ4v) is 12.8. The number of hydrogen-bond acceptors (Lipinski definition) is 0. The molecule has 0 amide bonds. The van der Waals surface area contributed by atoms with Crippen molar-refractivity contribution in [2.24, 2.45) is 0 Å². The summed E-state index contributed by atoms with van der Waals surface area (Å²) in [5, 5.41) is 3.89. The normalized spacial score (nSPS) is 13.4. The Bertz CT molecular complexity index is 856. The van der Waals surface area contributed by atoms with E-state index in [2.05, 4.69) is 111 Å². The lowest BCUT2D eigenvalue weighted by atomic mass is 10.2. The van der Waals surface area contributed by atoms with Gasteiger partial charge in [0.15, 0.2) is 0 Å². The van der Waals surface area contributed by atoms with E-state index >= 15 is 0 Å². The van der Waals surface area contributed by atoms with E-state index in [1.54, 1.807) is 5.19 Å². The van der Waals surface area contributed by atoms with Gasteiger partial charge in [-0.1, -0.05) is 121 Å². The molecule has 0 nitrogen and oxygen atoms in total. The third-order valence-electron chi connectivity index (χ3n) is 5.93. The quantitative estimate of drug-likeness (QED) is 0.426. The Labute approximate surface area is 171 Å². The fourth-order valence-electron chi connectivity index (χ4n) is 4.07. The van der Waals surface area contributed by atoms with Gasteiger partial charge in [0.05, 0.1) is 16.1 Å². The number of halogens is 1. The van der Waals surface area contributed by atoms with Gasteiger partial charge < -0.3 is 0 Å². The van der Waals surface area contributed by atoms with Crippen molar-refractivity contribution in [1.29, 1.82) is 0 Å². The first kappa shape index (κ1) is 20.1. The lowest BCUT2D eigenvalue weighted by Crippen LogP contribution is -2.52. The standard InChI is InChI=1S/C24H29ClSi2/c1-26(2,22-11-7-5-8-12-22)19-24(20-15-17-21(25)18-16-20)27(3,4)23-13-9-6-10-14-23/h5-18,24H,19H2,1-4H3. The van der Waals surface area contributed by atoms with Crippen molar-refractivity contribution in [3.63, 3.8) is 0 Å². The van der Waals surface area contributed by atoms with Gasteiger partial charge >= 0.3 is 0 Å². The average molecular weight is 409 g/mol. The predicted octanol–water partition coefficient (Wildman–Crippen LogP) is 6.19. The molecule has 1 atom stereocenters. The summed E-state index contributed by atoms with van der Waals surface area (Å²) < 4.78 is 0. The summed E-state index contributed by atoms with van der Waals surface area (Å²) in [6.45, 7) is 10.1. The SMILES string of the molecule is C[Si](C)(CC(c1ccc(Cl)cc1)[Si](C)(C)c1ccccc1)c1ccccc1. The summed E-state index contributed by atoms with van der Waals surface area (Å²) in [6, 6.07) is 32.1. The molecule has 0 aliphatic rings. The zero-order valence-corrected chi connectivity index (χ0v) is 19.5. The first-order valence-corrected chi connectivity index (χ1v) is 16.3. The first-order chi connectivity index (χ1) is 12.8. The summed E-state index contributed by atoms with van der Waals surface area (Å²) in [5.74, 6) is 0. The van der Waals surface area contributed by atoms with Gasteiger partial charge in [-0.25, -0.2) is 0 Å². The van der Waals surface area contributed by atoms with Gasteiger partial charge in [0.1, 0.15) is 0 Å². The van der Waals surface area contributed by atoms with Crippen molar-refractivity contribution >= 4 is 38.1 Å². The zero-order chi connectivity index (χ0) is 19.5. The minimum atomic E-state index is -1.72. The molecule has 0 radical (unpaired) electrons. The maximum absolute atomic E-state index is 6.20. The molecule has 0 spiro atoms. The second kappa shape index (κ2) is 8.18. The van der Waals surface area contributed by atoms with Crippen LogP contribution in [0.2, 0.25) is 37.3 Å². The van der Waals surface area contributed by atoms with Crippen LogP contribution in [0.1, 0.15) is 11.1 Å². The van der Waals surface area contributed by atoms with E-state index in [9.17, 15) is 0 Å². The molecule has 3 heteroatoms. The molecule has 3 aromatic carbocycles. The van der Waals surface area contributed by atoms with E-state index in [1.165, 1.54) is 16.8 Å². The van der Waals surface area contributed by atoms with Crippen molar-refractivity contribution in [3.05, 3.63) is 95.5 Å². The molecule has 3 aromatic rings. The van der Waals surface area contributed by atoms with Gasteiger partial charge in [-0.3, -0.25) is 0 Å². The van der Waals surface area contributed by atoms with Gasteiger partial charge in [-0.05, 0) is 29.3 Å².